The third-order valence-corrected chi connectivity index (χ3v) is 6.14. The van der Waals surface area contributed by atoms with Crippen LogP contribution in [0.2, 0.25) is 0 Å². The van der Waals surface area contributed by atoms with Gasteiger partial charge in [-0.2, -0.15) is 0 Å². The fourth-order valence-electron chi connectivity index (χ4n) is 4.13. The molecule has 0 fully saturated rings. The maximum Gasteiger partial charge on any atom is 0.257 e. The Hall–Kier alpha value is -3.65. The third kappa shape index (κ3) is 7.06. The number of aromatic nitrogens is 2. The molecule has 0 atom stereocenters. The monoisotopic (exact) mass is 745 g/mol. The largest absolute Gasteiger partial charge is 1.00 e. The summed E-state index contributed by atoms with van der Waals surface area (Å²) in [6, 6.07) is 24.6. The number of amides is 1. The van der Waals surface area contributed by atoms with Crippen molar-refractivity contribution in [2.45, 2.75) is 0 Å². The number of benzene rings is 3. The van der Waals surface area contributed by atoms with Crippen LogP contribution < -0.4 is 84.5 Å². The summed E-state index contributed by atoms with van der Waals surface area (Å²) in [5.41, 5.74) is 19.1. The van der Waals surface area contributed by atoms with Gasteiger partial charge in [0.1, 0.15) is 14.1 Å². The fraction of sp³-hybridized carbons (Fsp3) is 0.0690. The van der Waals surface area contributed by atoms with E-state index in [4.69, 9.17) is 11.5 Å². The predicted molar refractivity (Wildman–Crippen MR) is 149 cm³/mol. The number of hydrogen-bond acceptors (Lipinski definition) is 5. The summed E-state index contributed by atoms with van der Waals surface area (Å²) in [5.74, 6) is -0.273. The highest BCUT2D eigenvalue weighted by atomic mass is 127. The number of aryl methyl sites for hydroxylation is 2. The van der Waals surface area contributed by atoms with Crippen LogP contribution in [0.5, 0.6) is 0 Å². The number of fused-ring (bicyclic) bond motifs is 1. The van der Waals surface area contributed by atoms with E-state index in [-0.39, 0.29) is 53.9 Å². The Labute approximate surface area is 261 Å². The van der Waals surface area contributed by atoms with Gasteiger partial charge in [0, 0.05) is 52.7 Å². The van der Waals surface area contributed by atoms with Gasteiger partial charge in [-0.05, 0) is 54.6 Å². The van der Waals surface area contributed by atoms with E-state index in [0.717, 1.165) is 33.7 Å². The number of nitrogens with one attached hydrogen (secondary N) is 3. The van der Waals surface area contributed by atoms with Gasteiger partial charge < -0.3 is 75.4 Å². The first kappa shape index (κ1) is 29.9. The highest BCUT2D eigenvalue weighted by Gasteiger charge is 2.14. The molecule has 0 unspecified atom stereocenters. The molecule has 1 amide bonds. The topological polar surface area (TPSA) is 113 Å². The molecule has 0 bridgehead atoms. The number of rotatable bonds is 6. The number of pyridine rings is 2. The van der Waals surface area contributed by atoms with E-state index in [1.54, 1.807) is 12.1 Å². The van der Waals surface area contributed by atoms with Crippen LogP contribution in [0.15, 0.2) is 97.5 Å². The summed E-state index contributed by atoms with van der Waals surface area (Å²) in [6.07, 6.45) is 5.92. The normalized spacial score (nSPS) is 10.2. The lowest BCUT2D eigenvalue weighted by Gasteiger charge is -2.13. The van der Waals surface area contributed by atoms with Crippen LogP contribution in [0, 0.1) is 0 Å². The van der Waals surface area contributed by atoms with Gasteiger partial charge in [0.15, 0.2) is 18.6 Å². The fourth-order valence-corrected chi connectivity index (χ4v) is 4.13. The molecule has 3 aromatic carbocycles. The zero-order valence-corrected chi connectivity index (χ0v) is 25.8. The van der Waals surface area contributed by atoms with Gasteiger partial charge >= 0.3 is 0 Å². The Bertz CT molecular complexity index is 1610. The molecule has 0 radical (unpaired) electrons. The van der Waals surface area contributed by atoms with Crippen LogP contribution in [-0.2, 0) is 14.1 Å². The molecule has 0 saturated carbocycles. The molecule has 7 N–H and O–H groups in total. The Kier molecular flexibility index (Phi) is 9.92. The van der Waals surface area contributed by atoms with Crippen LogP contribution in [-0.4, -0.2) is 5.91 Å². The highest BCUT2D eigenvalue weighted by molar-refractivity contribution is 6.08. The molecular formula is C29H29I2N7O. The third-order valence-electron chi connectivity index (χ3n) is 6.14. The van der Waals surface area contributed by atoms with E-state index in [1.807, 2.05) is 109 Å². The standard InChI is InChI=1S/C29H27N7O.2HI/c1-35-14-11-22(12-15-35)32-20-4-6-21(7-5-20)34-29(37)24-9-8-23(18-26(24)31)33-27-13-16-36(2)28-10-3-19(30)17-25(27)28;;/h3-18H,30H2,1-2H3,(H3,31,34,37);2*1H. The maximum atomic E-state index is 12.9. The van der Waals surface area contributed by atoms with Crippen molar-refractivity contribution in [3.05, 3.63) is 103 Å². The number of nitrogens with two attached hydrogens (primary N) is 2. The van der Waals surface area contributed by atoms with Crippen LogP contribution in [0.1, 0.15) is 10.4 Å². The smallest absolute Gasteiger partial charge is 0.257 e. The van der Waals surface area contributed by atoms with Crippen molar-refractivity contribution in [3.63, 3.8) is 0 Å². The van der Waals surface area contributed by atoms with Crippen LogP contribution >= 0.6 is 0 Å². The summed E-state index contributed by atoms with van der Waals surface area (Å²) >= 11 is 0. The molecule has 0 saturated heterocycles. The lowest BCUT2D eigenvalue weighted by atomic mass is 10.1. The van der Waals surface area contributed by atoms with E-state index in [9.17, 15) is 4.79 Å². The molecule has 5 aromatic rings. The first-order chi connectivity index (χ1) is 17.9. The summed E-state index contributed by atoms with van der Waals surface area (Å²) in [5, 5.41) is 10.6. The number of halogens is 2. The zero-order chi connectivity index (χ0) is 25.9. The number of hydrogen-bond donors (Lipinski definition) is 5. The van der Waals surface area contributed by atoms with Crippen molar-refractivity contribution in [1.29, 1.82) is 0 Å². The molecule has 0 spiro atoms. The number of nitrogen functional groups attached to an aromatic ring is 2. The summed E-state index contributed by atoms with van der Waals surface area (Å²) < 4.78 is 4.00. The van der Waals surface area contributed by atoms with Crippen LogP contribution in [0.4, 0.5) is 39.8 Å². The molecular weight excluding hydrogens is 716 g/mol. The molecule has 0 aliphatic rings. The second kappa shape index (κ2) is 12.9. The second-order valence-corrected chi connectivity index (χ2v) is 8.95. The van der Waals surface area contributed by atoms with E-state index >= 15 is 0 Å². The molecule has 2 aromatic heterocycles. The molecule has 39 heavy (non-hydrogen) atoms. The summed E-state index contributed by atoms with van der Waals surface area (Å²) in [6.45, 7) is 0. The van der Waals surface area contributed by atoms with Gasteiger partial charge in [0.05, 0.1) is 22.3 Å². The lowest BCUT2D eigenvalue weighted by Crippen LogP contribution is -3.00. The van der Waals surface area contributed by atoms with Gasteiger partial charge in [-0.15, -0.1) is 0 Å². The first-order valence-electron chi connectivity index (χ1n) is 11.8. The average molecular weight is 745 g/mol. The molecule has 0 aliphatic heterocycles. The SMILES string of the molecule is C[n+]1ccc(Nc2ccc(NC(=O)c3ccc(Nc4cc[n+](C)c5ccc(N)cc45)cc3N)cc2)cc1.[I-].[I-]. The second-order valence-electron chi connectivity index (χ2n) is 8.95. The minimum Gasteiger partial charge on any atom is -1.00 e. The van der Waals surface area contributed by atoms with E-state index in [1.165, 1.54) is 0 Å². The van der Waals surface area contributed by atoms with Crippen molar-refractivity contribution in [2.75, 3.05) is 27.4 Å². The lowest BCUT2D eigenvalue weighted by molar-refractivity contribution is -0.671. The Morgan fingerprint density at radius 2 is 1.33 bits per heavy atom. The van der Waals surface area contributed by atoms with Gasteiger partial charge in [-0.25, -0.2) is 9.13 Å². The highest BCUT2D eigenvalue weighted by Crippen LogP contribution is 2.28. The van der Waals surface area contributed by atoms with Crippen molar-refractivity contribution >= 4 is 56.6 Å². The number of carbonyl (C=O) groups excluding carboxylic acids is 1. The molecule has 2 heterocycles. The van der Waals surface area contributed by atoms with Gasteiger partial charge in [-0.3, -0.25) is 4.79 Å². The number of anilines is 7. The van der Waals surface area contributed by atoms with Gasteiger partial charge in [0.2, 0.25) is 5.52 Å². The Morgan fingerprint density at radius 1 is 0.692 bits per heavy atom. The minimum atomic E-state index is -0.273. The minimum absolute atomic E-state index is 0. The molecule has 10 heteroatoms. The van der Waals surface area contributed by atoms with Crippen LogP contribution in [0.3, 0.4) is 0 Å². The summed E-state index contributed by atoms with van der Waals surface area (Å²) in [7, 11) is 3.96. The van der Waals surface area contributed by atoms with E-state index < -0.39 is 0 Å². The number of carbonyl (C=O) groups is 1. The number of nitrogens with zero attached hydrogens (tertiary/aromatic N) is 2. The van der Waals surface area contributed by atoms with Crippen molar-refractivity contribution in [1.82, 2.24) is 0 Å². The average Bonchev–Trinajstić information content (AvgIpc) is 2.88. The van der Waals surface area contributed by atoms with Gasteiger partial charge in [-0.1, -0.05) is 0 Å². The Balaban J connectivity index is 0.00000210. The van der Waals surface area contributed by atoms with Crippen molar-refractivity contribution < 1.29 is 61.9 Å². The Morgan fingerprint density at radius 3 is 2.03 bits per heavy atom. The van der Waals surface area contributed by atoms with Crippen molar-refractivity contribution in [3.8, 4) is 0 Å². The van der Waals surface area contributed by atoms with E-state index in [0.29, 0.717) is 22.6 Å². The van der Waals surface area contributed by atoms with Crippen LogP contribution in [0.25, 0.3) is 10.9 Å². The van der Waals surface area contributed by atoms with Gasteiger partial charge in [0.25, 0.3) is 5.91 Å². The summed E-state index contributed by atoms with van der Waals surface area (Å²) in [4.78, 5) is 12.9. The zero-order valence-electron chi connectivity index (χ0n) is 21.5. The van der Waals surface area contributed by atoms with E-state index in [2.05, 4.69) is 16.0 Å². The molecule has 200 valence electrons. The molecule has 5 rings (SSSR count). The van der Waals surface area contributed by atoms with Crippen molar-refractivity contribution in [2.24, 2.45) is 14.1 Å². The molecule has 8 nitrogen and oxygen atoms in total. The first-order valence-corrected chi connectivity index (χ1v) is 11.8. The predicted octanol–water partition coefficient (Wildman–Crippen LogP) is -1.60. The quantitative estimate of drug-likeness (QED) is 0.0818. The maximum absolute atomic E-state index is 12.9. The molecule has 0 aliphatic carbocycles.